The molecule has 0 amide bonds. The van der Waals surface area contributed by atoms with Crippen LogP contribution in [0.4, 0.5) is 30.7 Å². The van der Waals surface area contributed by atoms with Crippen molar-refractivity contribution in [2.75, 3.05) is 6.26 Å². The molecule has 416 valence electrons. The number of rotatable bonds is 1. The third-order valence-corrected chi connectivity index (χ3v) is 20.5. The van der Waals surface area contributed by atoms with E-state index in [4.69, 9.17) is 14.1 Å². The van der Waals surface area contributed by atoms with Crippen LogP contribution in [0.25, 0.3) is 58.2 Å². The first-order valence-corrected chi connectivity index (χ1v) is 34.0. The Hall–Kier alpha value is -3.93. The molecule has 0 saturated carbocycles. The Bertz CT molecular complexity index is 3460. The smallest absolute Gasteiger partial charge is 0.425 e. The van der Waals surface area contributed by atoms with Gasteiger partial charge in [-0.15, -0.1) is 102 Å². The van der Waals surface area contributed by atoms with E-state index in [9.17, 15) is 39.2 Å². The lowest BCUT2D eigenvalue weighted by atomic mass is 10.2. The number of halogens is 7. The van der Waals surface area contributed by atoms with Gasteiger partial charge in [0.1, 0.15) is 21.6 Å². The summed E-state index contributed by atoms with van der Waals surface area (Å²) in [6.45, 7) is 28.1. The molecule has 12 aromatic rings. The van der Waals surface area contributed by atoms with Crippen molar-refractivity contribution in [3.63, 3.8) is 0 Å². The van der Waals surface area contributed by atoms with Crippen molar-refractivity contribution < 1.29 is 48.0 Å². The van der Waals surface area contributed by atoms with Gasteiger partial charge in [-0.05, 0) is 100 Å². The molecule has 12 heterocycles. The molecule has 0 spiro atoms. The lowest BCUT2D eigenvalue weighted by Gasteiger charge is -1.99. The van der Waals surface area contributed by atoms with Gasteiger partial charge >= 0.3 is 6.18 Å². The van der Waals surface area contributed by atoms with Crippen LogP contribution in [0.1, 0.15) is 104 Å². The maximum atomic E-state index is 13.4. The number of alkyl halides is 3. The highest BCUT2D eigenvalue weighted by atomic mass is 32.2. The van der Waals surface area contributed by atoms with E-state index in [1.54, 1.807) is 69.3 Å². The molecule has 0 unspecified atom stereocenters. The topological polar surface area (TPSA) is 84.2 Å². The van der Waals surface area contributed by atoms with Crippen molar-refractivity contribution >= 4 is 181 Å². The summed E-state index contributed by atoms with van der Waals surface area (Å²) in [5.74, 6) is -0.638. The quantitative estimate of drug-likeness (QED) is 0.153. The lowest BCUT2D eigenvalue weighted by Crippen LogP contribution is -2.00. The number of thiophene rings is 10. The average Bonchev–Trinajstić information content (AvgIpc) is 4.25. The van der Waals surface area contributed by atoms with E-state index in [-0.39, 0.29) is 14.9 Å². The van der Waals surface area contributed by atoms with Gasteiger partial charge in [0.05, 0.1) is 22.3 Å². The number of nitrogens with zero attached hydrogens (tertiary/aromatic N) is 1. The maximum Gasteiger partial charge on any atom is 0.425 e. The van der Waals surface area contributed by atoms with Crippen LogP contribution >= 0.6 is 113 Å². The summed E-state index contributed by atoms with van der Waals surface area (Å²) in [4.78, 5) is 1.75. The van der Waals surface area contributed by atoms with Gasteiger partial charge in [0.25, 0.3) is 0 Å². The van der Waals surface area contributed by atoms with Crippen LogP contribution in [0.5, 0.6) is 0 Å². The molecule has 5 nitrogen and oxygen atoms in total. The molecule has 0 fully saturated rings. The second-order valence-corrected chi connectivity index (χ2v) is 25.4. The Kier molecular flexibility index (Phi) is 32.8. The largest absolute Gasteiger partial charge is 0.454 e. The first-order valence-electron chi connectivity index (χ1n) is 23.5. The molecule has 0 aliphatic carbocycles. The molecule has 23 heteroatoms. The van der Waals surface area contributed by atoms with Crippen LogP contribution in [0, 0.1) is 47.8 Å². The van der Waals surface area contributed by atoms with Crippen LogP contribution in [-0.2, 0) is 16.0 Å². The zero-order chi connectivity index (χ0) is 57.9. The van der Waals surface area contributed by atoms with Crippen molar-refractivity contribution in [3.8, 4) is 6.07 Å². The average molecular weight is 1260 g/mol. The minimum atomic E-state index is -4.19. The van der Waals surface area contributed by atoms with Gasteiger partial charge < -0.3 is 8.83 Å². The number of nitriles is 1. The molecule has 0 atom stereocenters. The highest BCUT2D eigenvalue weighted by Crippen LogP contribution is 2.40. The van der Waals surface area contributed by atoms with E-state index in [1.165, 1.54) is 79.1 Å². The molecule has 0 N–H and O–H groups in total. The molecule has 0 radical (unpaired) electrons. The van der Waals surface area contributed by atoms with Crippen LogP contribution < -0.4 is 0 Å². The van der Waals surface area contributed by atoms with Crippen LogP contribution in [0.15, 0.2) is 100 Å². The van der Waals surface area contributed by atoms with Gasteiger partial charge in [0, 0.05) is 38.6 Å². The normalized spacial score (nSPS) is 10.1. The third-order valence-electron chi connectivity index (χ3n) is 8.47. The van der Waals surface area contributed by atoms with Gasteiger partial charge in [0.15, 0.2) is 41.3 Å². The monoisotopic (exact) mass is 1260 g/mol. The molecule has 0 aliphatic heterocycles. The van der Waals surface area contributed by atoms with E-state index in [2.05, 4.69) is 18.4 Å². The predicted molar refractivity (Wildman–Crippen MR) is 327 cm³/mol. The van der Waals surface area contributed by atoms with Crippen LogP contribution in [0.2, 0.25) is 0 Å². The zero-order valence-corrected chi connectivity index (χ0v) is 53.4. The van der Waals surface area contributed by atoms with E-state index >= 15 is 0 Å². The summed E-state index contributed by atoms with van der Waals surface area (Å²) in [6, 6.07) is 15.7. The van der Waals surface area contributed by atoms with E-state index in [1.807, 2.05) is 119 Å². The molecule has 0 saturated heterocycles. The fourth-order valence-corrected chi connectivity index (χ4v) is 15.9. The number of fused-ring (bicyclic) bond motifs is 6. The number of hydrogen-bond acceptors (Lipinski definition) is 15. The minimum Gasteiger partial charge on any atom is -0.454 e. The van der Waals surface area contributed by atoms with Crippen molar-refractivity contribution in [1.82, 2.24) is 0 Å². The second kappa shape index (κ2) is 35.6. The zero-order valence-electron chi connectivity index (χ0n) is 44.4. The molecular formula is C53H60F7NO4S11. The number of furan rings is 2. The number of sulfone groups is 1. The summed E-state index contributed by atoms with van der Waals surface area (Å²) in [5.41, 5.74) is 1.27. The molecule has 0 aliphatic rings. The van der Waals surface area contributed by atoms with E-state index in [0.717, 1.165) is 71.9 Å². The van der Waals surface area contributed by atoms with Gasteiger partial charge in [-0.1, -0.05) is 94.4 Å². The summed E-state index contributed by atoms with van der Waals surface area (Å²) in [6.07, 6.45) is -1.46. The molecular weight excluding hydrogens is 1200 g/mol. The molecule has 0 bridgehead atoms. The van der Waals surface area contributed by atoms with Gasteiger partial charge in [-0.2, -0.15) is 22.8 Å². The molecule has 12 aromatic heterocycles. The van der Waals surface area contributed by atoms with Gasteiger partial charge in [0.2, 0.25) is 5.13 Å². The van der Waals surface area contributed by atoms with E-state index in [0.29, 0.717) is 21.5 Å². The molecule has 12 rings (SSSR count). The highest BCUT2D eigenvalue weighted by molar-refractivity contribution is 7.93. The Balaban J connectivity index is 0.000000440. The molecule has 76 heavy (non-hydrogen) atoms. The Morgan fingerprint density at radius 2 is 0.974 bits per heavy atom. The summed E-state index contributed by atoms with van der Waals surface area (Å²) >= 11 is 12.7. The summed E-state index contributed by atoms with van der Waals surface area (Å²) in [5, 5.41) is 23.5. The van der Waals surface area contributed by atoms with Crippen molar-refractivity contribution in [2.45, 2.75) is 107 Å². The number of hydrogen-bond donors (Lipinski definition) is 0. The van der Waals surface area contributed by atoms with Crippen LogP contribution in [0.3, 0.4) is 0 Å². The summed E-state index contributed by atoms with van der Waals surface area (Å²) < 4.78 is 123. The maximum absolute atomic E-state index is 13.4. The lowest BCUT2D eigenvalue weighted by molar-refractivity contribution is -0.134. The first-order chi connectivity index (χ1) is 36.4. The highest BCUT2D eigenvalue weighted by Gasteiger charge is 2.33. The van der Waals surface area contributed by atoms with E-state index < -0.39 is 37.7 Å². The van der Waals surface area contributed by atoms with Crippen molar-refractivity contribution in [1.29, 1.82) is 5.26 Å². The fraction of sp³-hybridized carbons (Fsp3) is 0.302. The van der Waals surface area contributed by atoms with Crippen molar-refractivity contribution in [2.24, 2.45) is 0 Å². The second-order valence-electron chi connectivity index (χ2n) is 12.6. The van der Waals surface area contributed by atoms with Gasteiger partial charge in [-0.25, -0.2) is 21.6 Å². The third kappa shape index (κ3) is 19.2. The Labute approximate surface area is 480 Å². The minimum absolute atomic E-state index is 0.158. The standard InChI is InChI=1S/C8H8OS.C7H3F3S2.C7H2FNS2.C7H5FO2S3.C6H2F2S2.C6H4OS.6C2H6/c1-5-6(2)9-8-7(5)3-4-10-8;8-7(9,10)5-3-4-1-2-11-6(4)12-5;8-6-4-1-2-10-7(4)11-5(6)3-9;1-13(9,10)7-5(8)4-2-3-11-6(4)12-7;7-4-3-1-2-9-6(3)10-5(4)8;1-3-7-6-5(1)2-4-8-6;6*1-2/h3-4H,1-2H3;1-3H;1-2H;2-3H,1H3;1-2H;1-4H;6*1-2H3. The number of aryl methyl sites for hydroxylation is 2. The Morgan fingerprint density at radius 1 is 0.526 bits per heavy atom. The van der Waals surface area contributed by atoms with Crippen molar-refractivity contribution in [3.05, 3.63) is 131 Å². The molecule has 0 aromatic carbocycles. The predicted octanol–water partition coefficient (Wildman–Crippen LogP) is 24.5. The summed E-state index contributed by atoms with van der Waals surface area (Å²) in [7, 11) is -3.42. The SMILES string of the molecule is CC.CC.CC.CC.CC.CC.CS(=O)(=O)c1sc2sccc2c1F.Cc1oc2sccc2c1C.FC(F)(F)c1cc2ccsc2s1.Fc1sc2sccc2c1F.N#Cc1sc2sccc2c1F.c1cc2ccsc2o1. The first kappa shape index (κ1) is 70.1. The fourth-order valence-electron chi connectivity index (χ4n) is 5.31. The van der Waals surface area contributed by atoms with Gasteiger partial charge in [-0.3, -0.25) is 0 Å². The van der Waals surface area contributed by atoms with Crippen LogP contribution in [-0.4, -0.2) is 14.7 Å². The Morgan fingerprint density at radius 3 is 1.45 bits per heavy atom.